The molecule has 0 N–H and O–H groups in total. The fourth-order valence-corrected chi connectivity index (χ4v) is 3.03. The van der Waals surface area contributed by atoms with E-state index in [1.807, 2.05) is 30.3 Å². The Morgan fingerprint density at radius 2 is 1.83 bits per heavy atom. The second-order valence-corrected chi connectivity index (χ2v) is 6.40. The predicted molar refractivity (Wildman–Crippen MR) is 95.5 cm³/mol. The van der Waals surface area contributed by atoms with Crippen LogP contribution in [0.3, 0.4) is 0 Å². The van der Waals surface area contributed by atoms with Crippen LogP contribution in [0.1, 0.15) is 18.4 Å². The molecule has 3 rings (SSSR count). The third-order valence-electron chi connectivity index (χ3n) is 3.88. The molecule has 0 amide bonds. The monoisotopic (exact) mass is 368 g/mol. The first-order chi connectivity index (χ1) is 11.3. The molecule has 116 valence electrons. The van der Waals surface area contributed by atoms with Crippen molar-refractivity contribution in [2.75, 3.05) is 18.0 Å². The largest absolute Gasteiger partial charge is 0.370 e. The molecule has 0 atom stereocenters. The SMILES string of the molecule is N#CCCN1CCCc2cc(N=Nc3ccc(Br)cc3)ccc21. The van der Waals surface area contributed by atoms with E-state index in [0.29, 0.717) is 6.42 Å². The van der Waals surface area contributed by atoms with Crippen molar-refractivity contribution in [2.45, 2.75) is 19.3 Å². The number of nitrogens with zero attached hydrogens (tertiary/aromatic N) is 4. The average molecular weight is 369 g/mol. The van der Waals surface area contributed by atoms with Gasteiger partial charge in [0.1, 0.15) is 0 Å². The molecule has 1 aliphatic rings. The van der Waals surface area contributed by atoms with E-state index < -0.39 is 0 Å². The fourth-order valence-electron chi connectivity index (χ4n) is 2.76. The Morgan fingerprint density at radius 3 is 2.61 bits per heavy atom. The van der Waals surface area contributed by atoms with E-state index in [1.165, 1.54) is 11.3 Å². The van der Waals surface area contributed by atoms with Gasteiger partial charge in [0.15, 0.2) is 0 Å². The first-order valence-electron chi connectivity index (χ1n) is 7.68. The number of halogens is 1. The highest BCUT2D eigenvalue weighted by Crippen LogP contribution is 2.31. The van der Waals surface area contributed by atoms with Crippen LogP contribution in [0, 0.1) is 11.3 Å². The van der Waals surface area contributed by atoms with Crippen LogP contribution in [0.25, 0.3) is 0 Å². The number of nitriles is 1. The van der Waals surface area contributed by atoms with Gasteiger partial charge in [0, 0.05) is 23.2 Å². The van der Waals surface area contributed by atoms with Gasteiger partial charge < -0.3 is 4.90 Å². The summed E-state index contributed by atoms with van der Waals surface area (Å²) in [5.41, 5.74) is 4.23. The number of hydrogen-bond acceptors (Lipinski definition) is 4. The molecule has 0 aliphatic carbocycles. The Hall–Kier alpha value is -2.19. The summed E-state index contributed by atoms with van der Waals surface area (Å²) in [6.07, 6.45) is 2.73. The molecule has 0 fully saturated rings. The number of azo groups is 1. The first kappa shape index (κ1) is 15.7. The van der Waals surface area contributed by atoms with Crippen LogP contribution in [-0.4, -0.2) is 13.1 Å². The second kappa shape index (κ2) is 7.38. The number of benzene rings is 2. The zero-order valence-electron chi connectivity index (χ0n) is 12.7. The molecule has 1 heterocycles. The van der Waals surface area contributed by atoms with Gasteiger partial charge in [-0.15, -0.1) is 0 Å². The molecular formula is C18H17BrN4. The molecule has 5 heteroatoms. The normalized spacial score (nSPS) is 13.8. The highest BCUT2D eigenvalue weighted by Gasteiger charge is 2.16. The third kappa shape index (κ3) is 3.96. The van der Waals surface area contributed by atoms with Gasteiger partial charge in [-0.1, -0.05) is 15.9 Å². The number of fused-ring (bicyclic) bond motifs is 1. The highest BCUT2D eigenvalue weighted by atomic mass is 79.9. The minimum absolute atomic E-state index is 0.560. The minimum Gasteiger partial charge on any atom is -0.370 e. The zero-order valence-corrected chi connectivity index (χ0v) is 14.3. The molecule has 4 nitrogen and oxygen atoms in total. The standard InChI is InChI=1S/C18H17BrN4/c19-15-4-6-16(7-5-15)21-22-17-8-9-18-14(13-17)3-1-11-23(18)12-2-10-20/h4-9,13H,1-3,11-12H2. The van der Waals surface area contributed by atoms with E-state index >= 15 is 0 Å². The summed E-state index contributed by atoms with van der Waals surface area (Å²) in [6.45, 7) is 1.82. The van der Waals surface area contributed by atoms with Crippen molar-refractivity contribution in [1.29, 1.82) is 5.26 Å². The van der Waals surface area contributed by atoms with Crippen molar-refractivity contribution in [2.24, 2.45) is 10.2 Å². The Bertz CT molecular complexity index is 747. The Balaban J connectivity index is 1.78. The summed E-state index contributed by atoms with van der Waals surface area (Å²) in [6, 6.07) is 16.2. The van der Waals surface area contributed by atoms with E-state index in [4.69, 9.17) is 5.26 Å². The summed E-state index contributed by atoms with van der Waals surface area (Å²) in [4.78, 5) is 2.29. The maximum Gasteiger partial charge on any atom is 0.0861 e. The number of anilines is 1. The molecule has 0 unspecified atom stereocenters. The van der Waals surface area contributed by atoms with Gasteiger partial charge in [-0.05, 0) is 60.9 Å². The quantitative estimate of drug-likeness (QED) is 0.666. The minimum atomic E-state index is 0.560. The van der Waals surface area contributed by atoms with Gasteiger partial charge in [-0.2, -0.15) is 15.5 Å². The van der Waals surface area contributed by atoms with E-state index in [2.05, 4.69) is 49.3 Å². The molecule has 23 heavy (non-hydrogen) atoms. The second-order valence-electron chi connectivity index (χ2n) is 5.49. The summed E-state index contributed by atoms with van der Waals surface area (Å²) in [5.74, 6) is 0. The van der Waals surface area contributed by atoms with Crippen molar-refractivity contribution >= 4 is 33.0 Å². The lowest BCUT2D eigenvalue weighted by molar-refractivity contribution is 0.694. The molecule has 0 radical (unpaired) electrons. The van der Waals surface area contributed by atoms with E-state index in [1.54, 1.807) is 0 Å². The number of rotatable bonds is 4. The van der Waals surface area contributed by atoms with Crippen LogP contribution in [0.4, 0.5) is 17.1 Å². The topological polar surface area (TPSA) is 51.8 Å². The summed E-state index contributed by atoms with van der Waals surface area (Å²) >= 11 is 3.41. The average Bonchev–Trinajstić information content (AvgIpc) is 2.59. The van der Waals surface area contributed by atoms with Gasteiger partial charge in [0.2, 0.25) is 0 Å². The van der Waals surface area contributed by atoms with Gasteiger partial charge in [0.05, 0.1) is 23.9 Å². The molecular weight excluding hydrogens is 352 g/mol. The van der Waals surface area contributed by atoms with Crippen LogP contribution in [-0.2, 0) is 6.42 Å². The molecule has 1 aliphatic heterocycles. The molecule has 0 aromatic heterocycles. The van der Waals surface area contributed by atoms with E-state index in [9.17, 15) is 0 Å². The first-order valence-corrected chi connectivity index (χ1v) is 8.48. The van der Waals surface area contributed by atoms with Crippen LogP contribution < -0.4 is 4.90 Å². The number of hydrogen-bond donors (Lipinski definition) is 0. The van der Waals surface area contributed by atoms with Gasteiger partial charge in [-0.25, -0.2) is 0 Å². The van der Waals surface area contributed by atoms with Gasteiger partial charge in [-0.3, -0.25) is 0 Å². The lowest BCUT2D eigenvalue weighted by atomic mass is 10.0. The van der Waals surface area contributed by atoms with Crippen molar-refractivity contribution in [3.8, 4) is 6.07 Å². The molecule has 0 spiro atoms. The molecule has 0 saturated carbocycles. The zero-order chi connectivity index (χ0) is 16.1. The van der Waals surface area contributed by atoms with E-state index in [-0.39, 0.29) is 0 Å². The highest BCUT2D eigenvalue weighted by molar-refractivity contribution is 9.10. The molecule has 0 bridgehead atoms. The lowest BCUT2D eigenvalue weighted by Gasteiger charge is -2.30. The van der Waals surface area contributed by atoms with Crippen LogP contribution >= 0.6 is 15.9 Å². The third-order valence-corrected chi connectivity index (χ3v) is 4.41. The predicted octanol–water partition coefficient (Wildman–Crippen LogP) is 5.53. The van der Waals surface area contributed by atoms with Crippen LogP contribution in [0.15, 0.2) is 57.2 Å². The molecule has 2 aromatic rings. The summed E-state index contributed by atoms with van der Waals surface area (Å²) in [7, 11) is 0. The maximum absolute atomic E-state index is 8.78. The van der Waals surface area contributed by atoms with Crippen LogP contribution in [0.5, 0.6) is 0 Å². The van der Waals surface area contributed by atoms with Crippen LogP contribution in [0.2, 0.25) is 0 Å². The van der Waals surface area contributed by atoms with Crippen molar-refractivity contribution < 1.29 is 0 Å². The molecule has 2 aromatic carbocycles. The Labute approximate surface area is 144 Å². The van der Waals surface area contributed by atoms with Crippen molar-refractivity contribution in [1.82, 2.24) is 0 Å². The van der Waals surface area contributed by atoms with Crippen molar-refractivity contribution in [3.05, 3.63) is 52.5 Å². The number of aryl methyl sites for hydroxylation is 1. The smallest absolute Gasteiger partial charge is 0.0861 e. The van der Waals surface area contributed by atoms with E-state index in [0.717, 1.165) is 41.8 Å². The fraction of sp³-hybridized carbons (Fsp3) is 0.278. The summed E-state index contributed by atoms with van der Waals surface area (Å²) < 4.78 is 1.03. The van der Waals surface area contributed by atoms with Gasteiger partial charge in [0.25, 0.3) is 0 Å². The Morgan fingerprint density at radius 1 is 1.09 bits per heavy atom. The van der Waals surface area contributed by atoms with Crippen molar-refractivity contribution in [3.63, 3.8) is 0 Å². The maximum atomic E-state index is 8.78. The Kier molecular flexibility index (Phi) is 5.04. The lowest BCUT2D eigenvalue weighted by Crippen LogP contribution is -2.30. The summed E-state index contributed by atoms with van der Waals surface area (Å²) in [5, 5.41) is 17.4. The van der Waals surface area contributed by atoms with Gasteiger partial charge >= 0.3 is 0 Å². The molecule has 0 saturated heterocycles.